The van der Waals surface area contributed by atoms with Gasteiger partial charge in [0.05, 0.1) is 4.92 Å². The van der Waals surface area contributed by atoms with E-state index in [1.54, 1.807) is 36.4 Å². The average Bonchev–Trinajstić information content (AvgIpc) is 2.92. The van der Waals surface area contributed by atoms with Crippen LogP contribution in [0, 0.1) is 16.0 Å². The molecule has 3 aromatic rings. The van der Waals surface area contributed by atoms with Crippen molar-refractivity contribution < 1.29 is 14.5 Å². The van der Waals surface area contributed by atoms with Crippen molar-refractivity contribution in [2.24, 2.45) is 5.92 Å². The van der Waals surface area contributed by atoms with Gasteiger partial charge in [-0.15, -0.1) is 0 Å². The van der Waals surface area contributed by atoms with Crippen LogP contribution in [0.3, 0.4) is 0 Å². The maximum Gasteiger partial charge on any atom is 0.293 e. The van der Waals surface area contributed by atoms with Gasteiger partial charge in [-0.3, -0.25) is 19.7 Å². The van der Waals surface area contributed by atoms with E-state index in [2.05, 4.69) is 12.1 Å². The molecule has 0 radical (unpaired) electrons. The van der Waals surface area contributed by atoms with Crippen LogP contribution >= 0.6 is 0 Å². The molecule has 5 rings (SSSR count). The third-order valence-corrected chi connectivity index (χ3v) is 7.10. The minimum absolute atomic E-state index is 0.0745. The first-order chi connectivity index (χ1) is 17.0. The number of nitro benzene ring substituents is 1. The molecule has 0 bridgehead atoms. The Morgan fingerprint density at radius 3 is 2.23 bits per heavy atom. The smallest absolute Gasteiger partial charge is 0.293 e. The van der Waals surface area contributed by atoms with Crippen molar-refractivity contribution in [3.05, 3.63) is 105 Å². The van der Waals surface area contributed by atoms with Gasteiger partial charge in [-0.05, 0) is 42.5 Å². The molecule has 2 aliphatic heterocycles. The van der Waals surface area contributed by atoms with Crippen LogP contribution in [-0.2, 0) is 17.8 Å². The van der Waals surface area contributed by atoms with Crippen LogP contribution in [0.15, 0.2) is 72.8 Å². The number of benzene rings is 3. The Balaban J connectivity index is 1.27. The fourth-order valence-corrected chi connectivity index (χ4v) is 5.14. The van der Waals surface area contributed by atoms with Gasteiger partial charge in [0.25, 0.3) is 5.69 Å². The summed E-state index contributed by atoms with van der Waals surface area (Å²) in [6, 6.07) is 21.7. The van der Waals surface area contributed by atoms with Gasteiger partial charge in [0.1, 0.15) is 5.69 Å². The molecule has 1 fully saturated rings. The molecule has 0 atom stereocenters. The zero-order chi connectivity index (χ0) is 24.4. The molecule has 0 aliphatic carbocycles. The molecule has 2 aliphatic rings. The summed E-state index contributed by atoms with van der Waals surface area (Å²) in [7, 11) is 0. The first kappa shape index (κ1) is 22.8. The molecule has 0 N–H and O–H groups in total. The van der Waals surface area contributed by atoms with Crippen molar-refractivity contribution in [2.45, 2.75) is 25.8 Å². The lowest BCUT2D eigenvalue weighted by Gasteiger charge is -2.36. The van der Waals surface area contributed by atoms with Crippen molar-refractivity contribution in [2.75, 3.05) is 24.5 Å². The number of piperidine rings is 1. The lowest BCUT2D eigenvalue weighted by Crippen LogP contribution is -2.44. The highest BCUT2D eigenvalue weighted by Gasteiger charge is 2.32. The number of carbonyl (C=O) groups is 2. The van der Waals surface area contributed by atoms with Gasteiger partial charge in [-0.1, -0.05) is 54.6 Å². The summed E-state index contributed by atoms with van der Waals surface area (Å²) < 4.78 is 0. The van der Waals surface area contributed by atoms with Crippen LogP contribution in [-0.4, -0.2) is 41.1 Å². The number of rotatable bonds is 5. The maximum absolute atomic E-state index is 13.2. The lowest BCUT2D eigenvalue weighted by molar-refractivity contribution is -0.384. The number of anilines is 1. The quantitative estimate of drug-likeness (QED) is 0.309. The summed E-state index contributed by atoms with van der Waals surface area (Å²) in [5.41, 5.74) is 3.73. The maximum atomic E-state index is 13.2. The third kappa shape index (κ3) is 4.67. The molecular formula is C28H27N3O4. The monoisotopic (exact) mass is 469 g/mol. The molecule has 35 heavy (non-hydrogen) atoms. The molecule has 0 saturated carbocycles. The van der Waals surface area contributed by atoms with E-state index in [1.807, 2.05) is 28.0 Å². The minimum Gasteiger partial charge on any atom is -0.366 e. The first-order valence-corrected chi connectivity index (χ1v) is 12.0. The van der Waals surface area contributed by atoms with Crippen LogP contribution in [0.25, 0.3) is 0 Å². The van der Waals surface area contributed by atoms with E-state index >= 15 is 0 Å². The van der Waals surface area contributed by atoms with Gasteiger partial charge in [-0.2, -0.15) is 0 Å². The van der Waals surface area contributed by atoms with E-state index in [0.29, 0.717) is 49.3 Å². The van der Waals surface area contributed by atoms with Gasteiger partial charge >= 0.3 is 0 Å². The Morgan fingerprint density at radius 2 is 1.51 bits per heavy atom. The number of hydrogen-bond acceptors (Lipinski definition) is 5. The van der Waals surface area contributed by atoms with E-state index < -0.39 is 4.92 Å². The molecule has 1 amide bonds. The predicted octanol–water partition coefficient (Wildman–Crippen LogP) is 4.63. The number of amides is 1. The summed E-state index contributed by atoms with van der Waals surface area (Å²) in [4.78, 5) is 41.3. The second-order valence-electron chi connectivity index (χ2n) is 9.20. The Kier molecular flexibility index (Phi) is 6.31. The highest BCUT2D eigenvalue weighted by atomic mass is 16.6. The van der Waals surface area contributed by atoms with Crippen molar-refractivity contribution >= 4 is 23.1 Å². The standard InChI is InChI=1S/C28H27N3O4/c32-27(21-7-2-1-3-8-21)23-10-11-25(26(18-23)31(34)35)29-15-13-22(14-16-29)28(33)30-17-12-20-6-4-5-9-24(20)19-30/h1-11,18,22H,12-17,19H2. The molecular weight excluding hydrogens is 442 g/mol. The first-order valence-electron chi connectivity index (χ1n) is 12.0. The summed E-state index contributed by atoms with van der Waals surface area (Å²) in [6.45, 7) is 2.51. The number of nitro groups is 1. The Labute approximate surface area is 204 Å². The Bertz CT molecular complexity index is 1270. The van der Waals surface area contributed by atoms with Crippen LogP contribution < -0.4 is 4.90 Å². The number of fused-ring (bicyclic) bond motifs is 1. The highest BCUT2D eigenvalue weighted by Crippen LogP contribution is 2.34. The van der Waals surface area contributed by atoms with E-state index in [0.717, 1.165) is 13.0 Å². The second kappa shape index (κ2) is 9.70. The third-order valence-electron chi connectivity index (χ3n) is 7.10. The fourth-order valence-electron chi connectivity index (χ4n) is 5.14. The van der Waals surface area contributed by atoms with Gasteiger partial charge < -0.3 is 9.80 Å². The van der Waals surface area contributed by atoms with E-state index in [4.69, 9.17) is 0 Å². The fraction of sp³-hybridized carbons (Fsp3) is 0.286. The minimum atomic E-state index is -0.431. The Morgan fingerprint density at radius 1 is 0.829 bits per heavy atom. The van der Waals surface area contributed by atoms with Crippen LogP contribution in [0.2, 0.25) is 0 Å². The molecule has 0 aromatic heterocycles. The van der Waals surface area contributed by atoms with Crippen LogP contribution in [0.4, 0.5) is 11.4 Å². The summed E-state index contributed by atoms with van der Waals surface area (Å²) >= 11 is 0. The van der Waals surface area contributed by atoms with Crippen molar-refractivity contribution in [1.82, 2.24) is 4.90 Å². The molecule has 0 unspecified atom stereocenters. The Hall–Kier alpha value is -4.00. The van der Waals surface area contributed by atoms with Gasteiger partial charge in [0.15, 0.2) is 5.78 Å². The number of ketones is 1. The van der Waals surface area contributed by atoms with Gasteiger partial charge in [0.2, 0.25) is 5.91 Å². The molecule has 1 saturated heterocycles. The zero-order valence-electron chi connectivity index (χ0n) is 19.4. The SMILES string of the molecule is O=C(c1ccccc1)c1ccc(N2CCC(C(=O)N3CCc4ccccc4C3)CC2)c([N+](=O)[O-])c1. The normalized spacial score (nSPS) is 16.0. The molecule has 178 valence electrons. The van der Waals surface area contributed by atoms with Crippen molar-refractivity contribution in [3.63, 3.8) is 0 Å². The van der Waals surface area contributed by atoms with E-state index in [1.165, 1.54) is 17.2 Å². The van der Waals surface area contributed by atoms with E-state index in [-0.39, 0.29) is 23.3 Å². The predicted molar refractivity (Wildman–Crippen MR) is 133 cm³/mol. The number of nitrogens with zero attached hydrogens (tertiary/aromatic N) is 3. The zero-order valence-corrected chi connectivity index (χ0v) is 19.4. The van der Waals surface area contributed by atoms with Crippen molar-refractivity contribution in [3.8, 4) is 0 Å². The van der Waals surface area contributed by atoms with Crippen LogP contribution in [0.1, 0.15) is 39.9 Å². The summed E-state index contributed by atoms with van der Waals surface area (Å²) in [6.07, 6.45) is 2.18. The van der Waals surface area contributed by atoms with Crippen molar-refractivity contribution in [1.29, 1.82) is 0 Å². The molecule has 7 heteroatoms. The average molecular weight is 470 g/mol. The molecule has 0 spiro atoms. The van der Waals surface area contributed by atoms with Gasteiger partial charge in [-0.25, -0.2) is 0 Å². The molecule has 7 nitrogen and oxygen atoms in total. The number of carbonyl (C=O) groups excluding carboxylic acids is 2. The largest absolute Gasteiger partial charge is 0.366 e. The highest BCUT2D eigenvalue weighted by molar-refractivity contribution is 6.09. The molecule has 2 heterocycles. The van der Waals surface area contributed by atoms with E-state index in [9.17, 15) is 19.7 Å². The molecule has 3 aromatic carbocycles. The lowest BCUT2D eigenvalue weighted by atomic mass is 9.92. The topological polar surface area (TPSA) is 83.8 Å². The van der Waals surface area contributed by atoms with Gasteiger partial charge in [0, 0.05) is 49.3 Å². The second-order valence-corrected chi connectivity index (χ2v) is 9.20. The van der Waals surface area contributed by atoms with Crippen LogP contribution in [0.5, 0.6) is 0 Å². The summed E-state index contributed by atoms with van der Waals surface area (Å²) in [5.74, 6) is -0.139. The summed E-state index contributed by atoms with van der Waals surface area (Å²) in [5, 5.41) is 11.9. The number of hydrogen-bond donors (Lipinski definition) is 0.